The number of likely N-dealkylation sites (tertiary alicyclic amines) is 1. The highest BCUT2D eigenvalue weighted by Crippen LogP contribution is 2.35. The van der Waals surface area contributed by atoms with E-state index >= 15 is 0 Å². The highest BCUT2D eigenvalue weighted by atomic mass is 32.1. The Labute approximate surface area is 102 Å². The van der Waals surface area contributed by atoms with E-state index in [9.17, 15) is 0 Å². The molecule has 0 saturated carbocycles. The van der Waals surface area contributed by atoms with Crippen molar-refractivity contribution in [3.63, 3.8) is 0 Å². The van der Waals surface area contributed by atoms with Crippen molar-refractivity contribution in [1.82, 2.24) is 15.2 Å². The predicted octanol–water partition coefficient (Wildman–Crippen LogP) is 2.14. The van der Waals surface area contributed by atoms with Crippen LogP contribution in [0.1, 0.15) is 30.8 Å². The third-order valence-electron chi connectivity index (χ3n) is 3.37. The van der Waals surface area contributed by atoms with Gasteiger partial charge in [0.1, 0.15) is 5.01 Å². The smallest absolute Gasteiger partial charge is 0.110 e. The van der Waals surface area contributed by atoms with Gasteiger partial charge in [0.15, 0.2) is 0 Å². The van der Waals surface area contributed by atoms with Gasteiger partial charge in [-0.1, -0.05) is 6.92 Å². The van der Waals surface area contributed by atoms with Crippen LogP contribution >= 0.6 is 11.3 Å². The van der Waals surface area contributed by atoms with Crippen molar-refractivity contribution in [2.45, 2.75) is 25.8 Å². The Bertz CT molecular complexity index is 299. The summed E-state index contributed by atoms with van der Waals surface area (Å²) in [5.74, 6) is 0.713. The lowest BCUT2D eigenvalue weighted by Gasteiger charge is -2.38. The first-order valence-electron chi connectivity index (χ1n) is 6.13. The number of hydrogen-bond donors (Lipinski definition) is 1. The molecule has 0 bridgehead atoms. The summed E-state index contributed by atoms with van der Waals surface area (Å²) in [5, 5.41) is 6.85. The molecule has 1 N–H and O–H groups in total. The molecule has 0 spiro atoms. The molecule has 1 aliphatic rings. The van der Waals surface area contributed by atoms with Crippen molar-refractivity contribution in [3.8, 4) is 0 Å². The van der Waals surface area contributed by atoms with Gasteiger partial charge in [-0.25, -0.2) is 4.98 Å². The Balaban J connectivity index is 2.08. The zero-order valence-electron chi connectivity index (χ0n) is 10.1. The monoisotopic (exact) mass is 239 g/mol. The summed E-state index contributed by atoms with van der Waals surface area (Å²) in [4.78, 5) is 6.96. The molecule has 2 heterocycles. The summed E-state index contributed by atoms with van der Waals surface area (Å²) < 4.78 is 0. The fourth-order valence-electron chi connectivity index (χ4n) is 2.57. The molecule has 2 rings (SSSR count). The van der Waals surface area contributed by atoms with Crippen molar-refractivity contribution >= 4 is 11.3 Å². The van der Waals surface area contributed by atoms with E-state index in [0.717, 1.165) is 13.1 Å². The highest BCUT2D eigenvalue weighted by molar-refractivity contribution is 7.09. The average molecular weight is 239 g/mol. The van der Waals surface area contributed by atoms with Gasteiger partial charge < -0.3 is 5.32 Å². The number of nitrogens with one attached hydrogen (secondary N) is 1. The van der Waals surface area contributed by atoms with Crippen molar-refractivity contribution < 1.29 is 0 Å². The Morgan fingerprint density at radius 2 is 2.50 bits per heavy atom. The van der Waals surface area contributed by atoms with E-state index in [0.29, 0.717) is 12.0 Å². The van der Waals surface area contributed by atoms with Crippen molar-refractivity contribution in [3.05, 3.63) is 16.6 Å². The molecule has 0 aliphatic carbocycles. The Hall–Kier alpha value is -0.450. The van der Waals surface area contributed by atoms with Gasteiger partial charge in [-0.2, -0.15) is 0 Å². The maximum atomic E-state index is 4.50. The lowest BCUT2D eigenvalue weighted by molar-refractivity contribution is 0.119. The first kappa shape index (κ1) is 12.0. The SMILES string of the molecule is CCNCC1CCCN(C)C1c1nccs1. The van der Waals surface area contributed by atoms with E-state index in [-0.39, 0.29) is 0 Å². The number of hydrogen-bond acceptors (Lipinski definition) is 4. The van der Waals surface area contributed by atoms with Crippen LogP contribution < -0.4 is 5.32 Å². The Morgan fingerprint density at radius 1 is 1.62 bits per heavy atom. The lowest BCUT2D eigenvalue weighted by atomic mass is 9.89. The molecule has 1 aromatic rings. The van der Waals surface area contributed by atoms with Gasteiger partial charge in [-0.05, 0) is 45.4 Å². The molecule has 1 fully saturated rings. The molecule has 16 heavy (non-hydrogen) atoms. The quantitative estimate of drug-likeness (QED) is 0.872. The average Bonchev–Trinajstić information content (AvgIpc) is 2.79. The summed E-state index contributed by atoms with van der Waals surface area (Å²) in [6.45, 7) is 5.55. The molecule has 1 saturated heterocycles. The standard InChI is InChI=1S/C12H21N3S/c1-3-13-9-10-5-4-7-15(2)11(10)12-14-6-8-16-12/h6,8,10-11,13H,3-5,7,9H2,1-2H3. The molecular formula is C12H21N3S. The van der Waals surface area contributed by atoms with Crippen molar-refractivity contribution in [1.29, 1.82) is 0 Å². The highest BCUT2D eigenvalue weighted by Gasteiger charge is 2.31. The maximum absolute atomic E-state index is 4.50. The summed E-state index contributed by atoms with van der Waals surface area (Å²) in [7, 11) is 2.23. The van der Waals surface area contributed by atoms with E-state index in [1.54, 1.807) is 11.3 Å². The van der Waals surface area contributed by atoms with Gasteiger partial charge in [0, 0.05) is 11.6 Å². The van der Waals surface area contributed by atoms with Crippen molar-refractivity contribution in [2.24, 2.45) is 5.92 Å². The molecule has 90 valence electrons. The van der Waals surface area contributed by atoms with Crippen LogP contribution in [0.25, 0.3) is 0 Å². The second kappa shape index (κ2) is 5.75. The molecular weight excluding hydrogens is 218 g/mol. The van der Waals surface area contributed by atoms with Gasteiger partial charge in [0.05, 0.1) is 6.04 Å². The number of thiazole rings is 1. The Kier molecular flexibility index (Phi) is 4.32. The molecule has 2 unspecified atom stereocenters. The third kappa shape index (κ3) is 2.62. The van der Waals surface area contributed by atoms with Gasteiger partial charge in [-0.3, -0.25) is 4.90 Å². The fourth-order valence-corrected chi connectivity index (χ4v) is 3.47. The minimum absolute atomic E-state index is 0.521. The molecule has 0 aromatic carbocycles. The van der Waals surface area contributed by atoms with Crippen LogP contribution in [-0.2, 0) is 0 Å². The van der Waals surface area contributed by atoms with Crippen LogP contribution in [0.3, 0.4) is 0 Å². The minimum Gasteiger partial charge on any atom is -0.317 e. The fraction of sp³-hybridized carbons (Fsp3) is 0.750. The lowest BCUT2D eigenvalue weighted by Crippen LogP contribution is -2.40. The topological polar surface area (TPSA) is 28.2 Å². The molecule has 1 aliphatic heterocycles. The second-order valence-corrected chi connectivity index (χ2v) is 5.43. The Morgan fingerprint density at radius 3 is 3.19 bits per heavy atom. The predicted molar refractivity (Wildman–Crippen MR) is 68.8 cm³/mol. The summed E-state index contributed by atoms with van der Waals surface area (Å²) in [6.07, 6.45) is 4.56. The summed E-state index contributed by atoms with van der Waals surface area (Å²) in [5.41, 5.74) is 0. The van der Waals surface area contributed by atoms with E-state index < -0.39 is 0 Å². The van der Waals surface area contributed by atoms with Crippen LogP contribution in [0.15, 0.2) is 11.6 Å². The number of nitrogens with zero attached hydrogens (tertiary/aromatic N) is 2. The van der Waals surface area contributed by atoms with Crippen LogP contribution in [0.2, 0.25) is 0 Å². The van der Waals surface area contributed by atoms with Crippen molar-refractivity contribution in [2.75, 3.05) is 26.7 Å². The number of rotatable bonds is 4. The van der Waals surface area contributed by atoms with E-state index in [2.05, 4.69) is 34.6 Å². The van der Waals surface area contributed by atoms with Crippen LogP contribution in [0.5, 0.6) is 0 Å². The molecule has 0 radical (unpaired) electrons. The second-order valence-electron chi connectivity index (χ2n) is 4.51. The first-order chi connectivity index (χ1) is 7.83. The van der Waals surface area contributed by atoms with Crippen LogP contribution in [0, 0.1) is 5.92 Å². The molecule has 4 heteroatoms. The van der Waals surface area contributed by atoms with Gasteiger partial charge in [0.2, 0.25) is 0 Å². The zero-order chi connectivity index (χ0) is 11.4. The summed E-state index contributed by atoms with van der Waals surface area (Å²) in [6, 6.07) is 0.521. The molecule has 3 nitrogen and oxygen atoms in total. The zero-order valence-corrected chi connectivity index (χ0v) is 11.0. The third-order valence-corrected chi connectivity index (χ3v) is 4.21. The molecule has 0 amide bonds. The van der Waals surface area contributed by atoms with Crippen LogP contribution in [0.4, 0.5) is 0 Å². The normalized spacial score (nSPS) is 27.1. The maximum Gasteiger partial charge on any atom is 0.110 e. The minimum atomic E-state index is 0.521. The van der Waals surface area contributed by atoms with Gasteiger partial charge in [-0.15, -0.1) is 11.3 Å². The van der Waals surface area contributed by atoms with Gasteiger partial charge in [0.25, 0.3) is 0 Å². The van der Waals surface area contributed by atoms with E-state index in [4.69, 9.17) is 0 Å². The van der Waals surface area contributed by atoms with E-state index in [1.807, 2.05) is 6.20 Å². The number of piperidine rings is 1. The molecule has 1 aromatic heterocycles. The van der Waals surface area contributed by atoms with Gasteiger partial charge >= 0.3 is 0 Å². The van der Waals surface area contributed by atoms with E-state index in [1.165, 1.54) is 24.4 Å². The number of aromatic nitrogens is 1. The first-order valence-corrected chi connectivity index (χ1v) is 7.01. The summed E-state index contributed by atoms with van der Waals surface area (Å²) >= 11 is 1.79. The van der Waals surface area contributed by atoms with Crippen LogP contribution in [-0.4, -0.2) is 36.6 Å². The molecule has 2 atom stereocenters. The largest absolute Gasteiger partial charge is 0.317 e.